The van der Waals surface area contributed by atoms with Crippen molar-refractivity contribution >= 4 is 17.5 Å². The van der Waals surface area contributed by atoms with Crippen molar-refractivity contribution in [2.24, 2.45) is 0 Å². The molecule has 25 heavy (non-hydrogen) atoms. The third-order valence-corrected chi connectivity index (χ3v) is 4.15. The highest BCUT2D eigenvalue weighted by Crippen LogP contribution is 2.34. The molecule has 0 fully saturated rings. The fourth-order valence-corrected chi connectivity index (χ4v) is 2.73. The molecule has 0 saturated carbocycles. The van der Waals surface area contributed by atoms with Gasteiger partial charge in [-0.25, -0.2) is 0 Å². The predicted molar refractivity (Wildman–Crippen MR) is 94.4 cm³/mol. The Kier molecular flexibility index (Phi) is 4.88. The molecule has 1 aliphatic rings. The molecule has 2 amide bonds. The van der Waals surface area contributed by atoms with Crippen LogP contribution < -0.4 is 19.7 Å². The minimum absolute atomic E-state index is 0.0579. The number of nitrogens with one attached hydrogen (secondary N) is 1. The smallest absolute Gasteiger partial charge is 0.264 e. The maximum Gasteiger partial charge on any atom is 0.264 e. The molecule has 3 rings (SSSR count). The summed E-state index contributed by atoms with van der Waals surface area (Å²) in [6, 6.07) is 12.9. The minimum atomic E-state index is -0.220. The van der Waals surface area contributed by atoms with E-state index in [1.54, 1.807) is 32.4 Å². The lowest BCUT2D eigenvalue weighted by Crippen LogP contribution is -2.36. The SMILES string of the molecule is COc1cccc(CCNC(=O)c2cccc3c2OCC(=O)N3C)c1. The van der Waals surface area contributed by atoms with E-state index in [0.717, 1.165) is 11.3 Å². The number of methoxy groups -OCH3 is 1. The minimum Gasteiger partial charge on any atom is -0.497 e. The molecular weight excluding hydrogens is 320 g/mol. The van der Waals surface area contributed by atoms with Crippen molar-refractivity contribution in [3.8, 4) is 11.5 Å². The molecule has 1 N–H and O–H groups in total. The van der Waals surface area contributed by atoms with E-state index in [-0.39, 0.29) is 18.4 Å². The van der Waals surface area contributed by atoms with Crippen molar-refractivity contribution < 1.29 is 19.1 Å². The molecule has 0 radical (unpaired) electrons. The molecule has 0 saturated heterocycles. The van der Waals surface area contributed by atoms with Gasteiger partial charge in [0.05, 0.1) is 18.4 Å². The summed E-state index contributed by atoms with van der Waals surface area (Å²) in [5.41, 5.74) is 2.12. The number of ether oxygens (including phenoxy) is 2. The van der Waals surface area contributed by atoms with Crippen LogP contribution in [0.1, 0.15) is 15.9 Å². The molecule has 2 aromatic rings. The summed E-state index contributed by atoms with van der Waals surface area (Å²) in [5.74, 6) is 0.885. The average Bonchev–Trinajstić information content (AvgIpc) is 2.64. The number of benzene rings is 2. The lowest BCUT2D eigenvalue weighted by atomic mass is 10.1. The van der Waals surface area contributed by atoms with Gasteiger partial charge in [0, 0.05) is 13.6 Å². The van der Waals surface area contributed by atoms with Gasteiger partial charge in [-0.3, -0.25) is 9.59 Å². The third kappa shape index (κ3) is 3.57. The van der Waals surface area contributed by atoms with Crippen LogP contribution in [0.25, 0.3) is 0 Å². The fraction of sp³-hybridized carbons (Fsp3) is 0.263. The van der Waals surface area contributed by atoms with Crippen LogP contribution in [-0.2, 0) is 11.2 Å². The zero-order valence-electron chi connectivity index (χ0n) is 14.2. The summed E-state index contributed by atoms with van der Waals surface area (Å²) >= 11 is 0. The highest BCUT2D eigenvalue weighted by molar-refractivity contribution is 6.03. The molecule has 130 valence electrons. The highest BCUT2D eigenvalue weighted by atomic mass is 16.5. The lowest BCUT2D eigenvalue weighted by Gasteiger charge is -2.27. The number of likely N-dealkylation sites (N-methyl/N-ethyl adjacent to an activating group) is 1. The van der Waals surface area contributed by atoms with Gasteiger partial charge in [-0.15, -0.1) is 0 Å². The van der Waals surface area contributed by atoms with Crippen molar-refractivity contribution in [3.05, 3.63) is 53.6 Å². The molecule has 6 nitrogen and oxygen atoms in total. The molecule has 2 aromatic carbocycles. The summed E-state index contributed by atoms with van der Waals surface area (Å²) in [6.45, 7) is 0.433. The first-order valence-corrected chi connectivity index (χ1v) is 8.03. The van der Waals surface area contributed by atoms with Crippen LogP contribution in [0.5, 0.6) is 11.5 Å². The maximum absolute atomic E-state index is 12.5. The second kappa shape index (κ2) is 7.25. The lowest BCUT2D eigenvalue weighted by molar-refractivity contribution is -0.121. The largest absolute Gasteiger partial charge is 0.497 e. The summed E-state index contributed by atoms with van der Waals surface area (Å²) in [7, 11) is 3.30. The number of anilines is 1. The molecule has 0 spiro atoms. The van der Waals surface area contributed by atoms with Gasteiger partial charge in [-0.05, 0) is 36.2 Å². The van der Waals surface area contributed by atoms with Gasteiger partial charge in [0.2, 0.25) is 0 Å². The quantitative estimate of drug-likeness (QED) is 0.904. The first-order chi connectivity index (χ1) is 12.1. The van der Waals surface area contributed by atoms with Crippen molar-refractivity contribution in [1.82, 2.24) is 5.32 Å². The molecule has 0 aromatic heterocycles. The van der Waals surface area contributed by atoms with Crippen LogP contribution >= 0.6 is 0 Å². The summed E-state index contributed by atoms with van der Waals surface area (Å²) in [4.78, 5) is 25.7. The Labute approximate surface area is 146 Å². The van der Waals surface area contributed by atoms with E-state index >= 15 is 0 Å². The first kappa shape index (κ1) is 16.8. The van der Waals surface area contributed by atoms with Gasteiger partial charge in [0.25, 0.3) is 11.8 Å². The van der Waals surface area contributed by atoms with Gasteiger partial charge in [0.15, 0.2) is 12.4 Å². The number of amides is 2. The van der Waals surface area contributed by atoms with Crippen LogP contribution in [0.15, 0.2) is 42.5 Å². The molecule has 0 bridgehead atoms. The number of fused-ring (bicyclic) bond motifs is 1. The van der Waals surface area contributed by atoms with E-state index in [9.17, 15) is 9.59 Å². The average molecular weight is 340 g/mol. The second-order valence-electron chi connectivity index (χ2n) is 5.75. The number of rotatable bonds is 5. The zero-order valence-corrected chi connectivity index (χ0v) is 14.2. The standard InChI is InChI=1S/C19H20N2O4/c1-21-16-8-4-7-15(18(16)25-12-17(21)22)19(23)20-10-9-13-5-3-6-14(11-13)24-2/h3-8,11H,9-10,12H2,1-2H3,(H,20,23). The van der Waals surface area contributed by atoms with E-state index in [2.05, 4.69) is 5.32 Å². The van der Waals surface area contributed by atoms with Crippen LogP contribution in [-0.4, -0.2) is 39.1 Å². The molecule has 0 unspecified atom stereocenters. The Bertz CT molecular complexity index is 804. The van der Waals surface area contributed by atoms with E-state index < -0.39 is 0 Å². The van der Waals surface area contributed by atoms with Crippen molar-refractivity contribution in [2.75, 3.05) is 32.2 Å². The Morgan fingerprint density at radius 3 is 2.88 bits per heavy atom. The summed E-state index contributed by atoms with van der Waals surface area (Å²) in [5, 5.41) is 2.90. The number of para-hydroxylation sites is 1. The molecule has 0 aliphatic carbocycles. The summed E-state index contributed by atoms with van der Waals surface area (Å²) in [6.07, 6.45) is 0.692. The van der Waals surface area contributed by atoms with Gasteiger partial charge >= 0.3 is 0 Å². The number of nitrogens with zero attached hydrogens (tertiary/aromatic N) is 1. The molecule has 6 heteroatoms. The number of carbonyl (C=O) groups is 2. The first-order valence-electron chi connectivity index (χ1n) is 8.03. The van der Waals surface area contributed by atoms with E-state index in [1.165, 1.54) is 4.90 Å². The van der Waals surface area contributed by atoms with Crippen LogP contribution in [0.2, 0.25) is 0 Å². The monoisotopic (exact) mass is 340 g/mol. The number of hydrogen-bond acceptors (Lipinski definition) is 4. The van der Waals surface area contributed by atoms with Gasteiger partial charge in [-0.1, -0.05) is 18.2 Å². The van der Waals surface area contributed by atoms with E-state index in [1.807, 2.05) is 24.3 Å². The zero-order chi connectivity index (χ0) is 17.8. The molecule has 1 heterocycles. The van der Waals surface area contributed by atoms with Crippen LogP contribution in [0.3, 0.4) is 0 Å². The normalized spacial score (nSPS) is 13.0. The summed E-state index contributed by atoms with van der Waals surface area (Å²) < 4.78 is 10.7. The Morgan fingerprint density at radius 1 is 1.28 bits per heavy atom. The third-order valence-electron chi connectivity index (χ3n) is 4.15. The second-order valence-corrected chi connectivity index (χ2v) is 5.75. The Hall–Kier alpha value is -3.02. The van der Waals surface area contributed by atoms with Gasteiger partial charge in [-0.2, -0.15) is 0 Å². The van der Waals surface area contributed by atoms with Crippen LogP contribution in [0.4, 0.5) is 5.69 Å². The highest BCUT2D eigenvalue weighted by Gasteiger charge is 2.26. The Morgan fingerprint density at radius 2 is 2.08 bits per heavy atom. The fourth-order valence-electron chi connectivity index (χ4n) is 2.73. The molecule has 1 aliphatic heterocycles. The van der Waals surface area contributed by atoms with Crippen molar-refractivity contribution in [3.63, 3.8) is 0 Å². The molecular formula is C19H20N2O4. The molecule has 0 atom stereocenters. The predicted octanol–water partition coefficient (Wildman–Crippen LogP) is 2.02. The van der Waals surface area contributed by atoms with E-state index in [0.29, 0.717) is 30.0 Å². The van der Waals surface area contributed by atoms with Crippen molar-refractivity contribution in [2.45, 2.75) is 6.42 Å². The maximum atomic E-state index is 12.5. The van der Waals surface area contributed by atoms with Gasteiger partial charge in [0.1, 0.15) is 5.75 Å². The van der Waals surface area contributed by atoms with E-state index in [4.69, 9.17) is 9.47 Å². The van der Waals surface area contributed by atoms with Crippen molar-refractivity contribution in [1.29, 1.82) is 0 Å². The Balaban J connectivity index is 1.67. The van der Waals surface area contributed by atoms with Gasteiger partial charge < -0.3 is 19.7 Å². The number of carbonyl (C=O) groups excluding carboxylic acids is 2. The topological polar surface area (TPSA) is 67.9 Å². The number of hydrogen-bond donors (Lipinski definition) is 1. The van der Waals surface area contributed by atoms with Crippen LogP contribution in [0, 0.1) is 0 Å².